The summed E-state index contributed by atoms with van der Waals surface area (Å²) in [5, 5.41) is 5.27. The molecule has 0 heterocycles. The van der Waals surface area contributed by atoms with Crippen molar-refractivity contribution in [2.24, 2.45) is 11.8 Å². The second-order valence-corrected chi connectivity index (χ2v) is 8.24. The first-order valence-corrected chi connectivity index (χ1v) is 9.51. The lowest BCUT2D eigenvalue weighted by Crippen LogP contribution is -2.43. The molecule has 0 spiro atoms. The maximum atomic E-state index is 6.13. The lowest BCUT2D eigenvalue weighted by Gasteiger charge is -2.38. The van der Waals surface area contributed by atoms with Crippen molar-refractivity contribution in [2.75, 3.05) is 6.54 Å². The Morgan fingerprint density at radius 3 is 2.81 bits per heavy atom. The SMILES string of the molecule is CCCNC1CCC(C(C)C)CC1Sc1cccc(Cl)c1. The van der Waals surface area contributed by atoms with E-state index in [1.807, 2.05) is 17.8 Å². The largest absolute Gasteiger partial charge is 0.313 e. The summed E-state index contributed by atoms with van der Waals surface area (Å²) in [5.74, 6) is 1.65. The number of thioether (sulfide) groups is 1. The van der Waals surface area contributed by atoms with Crippen LogP contribution in [0.1, 0.15) is 46.5 Å². The molecular weight excluding hydrogens is 298 g/mol. The van der Waals surface area contributed by atoms with Crippen LogP contribution in [0.5, 0.6) is 0 Å². The van der Waals surface area contributed by atoms with E-state index in [-0.39, 0.29) is 0 Å². The van der Waals surface area contributed by atoms with Gasteiger partial charge in [-0.25, -0.2) is 0 Å². The summed E-state index contributed by atoms with van der Waals surface area (Å²) in [6.45, 7) is 8.10. The maximum absolute atomic E-state index is 6.13. The van der Waals surface area contributed by atoms with Crippen LogP contribution < -0.4 is 5.32 Å². The second kappa shape index (κ2) is 8.45. The molecule has 3 unspecified atom stereocenters. The topological polar surface area (TPSA) is 12.0 Å². The van der Waals surface area contributed by atoms with Crippen LogP contribution >= 0.6 is 23.4 Å². The van der Waals surface area contributed by atoms with E-state index in [0.717, 1.165) is 23.4 Å². The molecule has 21 heavy (non-hydrogen) atoms. The van der Waals surface area contributed by atoms with Crippen LogP contribution in [-0.4, -0.2) is 17.8 Å². The highest BCUT2D eigenvalue weighted by Crippen LogP contribution is 2.39. The minimum atomic E-state index is 0.643. The molecular formula is C18H28ClNS. The van der Waals surface area contributed by atoms with Crippen LogP contribution in [0.15, 0.2) is 29.2 Å². The Kier molecular flexibility index (Phi) is 6.91. The molecule has 1 N–H and O–H groups in total. The summed E-state index contributed by atoms with van der Waals surface area (Å²) in [5.41, 5.74) is 0. The van der Waals surface area contributed by atoms with Crippen LogP contribution in [0.25, 0.3) is 0 Å². The van der Waals surface area contributed by atoms with Gasteiger partial charge in [0.2, 0.25) is 0 Å². The smallest absolute Gasteiger partial charge is 0.0417 e. The number of halogens is 1. The molecule has 118 valence electrons. The fourth-order valence-corrected chi connectivity index (χ4v) is 4.87. The summed E-state index contributed by atoms with van der Waals surface area (Å²) >= 11 is 8.14. The van der Waals surface area contributed by atoms with E-state index >= 15 is 0 Å². The molecule has 3 heteroatoms. The van der Waals surface area contributed by atoms with Crippen molar-refractivity contribution >= 4 is 23.4 Å². The van der Waals surface area contributed by atoms with Gasteiger partial charge in [0.25, 0.3) is 0 Å². The van der Waals surface area contributed by atoms with Crippen molar-refractivity contribution in [3.05, 3.63) is 29.3 Å². The van der Waals surface area contributed by atoms with Crippen LogP contribution in [0.2, 0.25) is 5.02 Å². The van der Waals surface area contributed by atoms with E-state index < -0.39 is 0 Å². The van der Waals surface area contributed by atoms with Crippen LogP contribution in [-0.2, 0) is 0 Å². The molecule has 0 aliphatic heterocycles. The molecule has 0 saturated heterocycles. The van der Waals surface area contributed by atoms with Crippen LogP contribution in [0.3, 0.4) is 0 Å². The zero-order chi connectivity index (χ0) is 15.2. The highest BCUT2D eigenvalue weighted by atomic mass is 35.5. The Labute approximate surface area is 139 Å². The Morgan fingerprint density at radius 1 is 1.33 bits per heavy atom. The molecule has 1 aliphatic rings. The van der Waals surface area contributed by atoms with E-state index in [9.17, 15) is 0 Å². The van der Waals surface area contributed by atoms with Gasteiger partial charge >= 0.3 is 0 Å². The molecule has 1 aliphatic carbocycles. The number of rotatable bonds is 6. The van der Waals surface area contributed by atoms with Crippen molar-refractivity contribution < 1.29 is 0 Å². The van der Waals surface area contributed by atoms with Gasteiger partial charge in [0.05, 0.1) is 0 Å². The average Bonchev–Trinajstić information content (AvgIpc) is 2.46. The summed E-state index contributed by atoms with van der Waals surface area (Å²) in [7, 11) is 0. The molecule has 1 saturated carbocycles. The van der Waals surface area contributed by atoms with Gasteiger partial charge in [-0.2, -0.15) is 0 Å². The minimum absolute atomic E-state index is 0.643. The molecule has 1 aromatic carbocycles. The Bertz CT molecular complexity index is 435. The van der Waals surface area contributed by atoms with E-state index in [1.54, 1.807) is 0 Å². The van der Waals surface area contributed by atoms with Gasteiger partial charge in [0.15, 0.2) is 0 Å². The van der Waals surface area contributed by atoms with Crippen molar-refractivity contribution in [1.29, 1.82) is 0 Å². The van der Waals surface area contributed by atoms with Crippen molar-refractivity contribution in [1.82, 2.24) is 5.32 Å². The fourth-order valence-electron chi connectivity index (χ4n) is 3.17. The first-order valence-electron chi connectivity index (χ1n) is 8.25. The summed E-state index contributed by atoms with van der Waals surface area (Å²) in [6.07, 6.45) is 5.20. The van der Waals surface area contributed by atoms with Crippen molar-refractivity contribution in [2.45, 2.75) is 62.6 Å². The highest BCUT2D eigenvalue weighted by Gasteiger charge is 2.32. The molecule has 0 radical (unpaired) electrons. The number of benzene rings is 1. The number of hydrogen-bond donors (Lipinski definition) is 1. The Balaban J connectivity index is 2.05. The minimum Gasteiger partial charge on any atom is -0.313 e. The van der Waals surface area contributed by atoms with Crippen molar-refractivity contribution in [3.63, 3.8) is 0 Å². The van der Waals surface area contributed by atoms with Gasteiger partial charge in [-0.15, -0.1) is 11.8 Å². The van der Waals surface area contributed by atoms with E-state index in [4.69, 9.17) is 11.6 Å². The van der Waals surface area contributed by atoms with Gasteiger partial charge in [-0.1, -0.05) is 38.4 Å². The number of hydrogen-bond acceptors (Lipinski definition) is 2. The molecule has 2 rings (SSSR count). The first kappa shape index (κ1) is 17.2. The van der Waals surface area contributed by atoms with E-state index in [0.29, 0.717) is 11.3 Å². The quantitative estimate of drug-likeness (QED) is 0.728. The van der Waals surface area contributed by atoms with E-state index in [1.165, 1.54) is 30.6 Å². The monoisotopic (exact) mass is 325 g/mol. The molecule has 1 fully saturated rings. The lowest BCUT2D eigenvalue weighted by atomic mass is 9.79. The normalized spacial score (nSPS) is 26.2. The van der Waals surface area contributed by atoms with Gasteiger partial charge < -0.3 is 5.32 Å². The molecule has 1 aromatic rings. The second-order valence-electron chi connectivity index (χ2n) is 6.49. The predicted molar refractivity (Wildman–Crippen MR) is 95.4 cm³/mol. The third-order valence-electron chi connectivity index (χ3n) is 4.52. The molecule has 0 aromatic heterocycles. The lowest BCUT2D eigenvalue weighted by molar-refractivity contribution is 0.246. The van der Waals surface area contributed by atoms with Crippen molar-refractivity contribution in [3.8, 4) is 0 Å². The predicted octanol–water partition coefficient (Wildman–Crippen LogP) is 5.63. The highest BCUT2D eigenvalue weighted by molar-refractivity contribution is 8.00. The molecule has 0 amide bonds. The maximum Gasteiger partial charge on any atom is 0.0417 e. The molecule has 3 atom stereocenters. The summed E-state index contributed by atoms with van der Waals surface area (Å²) < 4.78 is 0. The third kappa shape index (κ3) is 5.19. The fraction of sp³-hybridized carbons (Fsp3) is 0.667. The molecule has 0 bridgehead atoms. The van der Waals surface area contributed by atoms with Crippen LogP contribution in [0, 0.1) is 11.8 Å². The van der Waals surface area contributed by atoms with Gasteiger partial charge in [-0.3, -0.25) is 0 Å². The van der Waals surface area contributed by atoms with Gasteiger partial charge in [0, 0.05) is 21.2 Å². The van der Waals surface area contributed by atoms with E-state index in [2.05, 4.69) is 44.3 Å². The summed E-state index contributed by atoms with van der Waals surface area (Å²) in [6, 6.07) is 8.94. The van der Waals surface area contributed by atoms with Gasteiger partial charge in [0.1, 0.15) is 0 Å². The Hall–Kier alpha value is -0.180. The number of nitrogens with one attached hydrogen (secondary N) is 1. The zero-order valence-corrected chi connectivity index (χ0v) is 15.0. The third-order valence-corrected chi connectivity index (χ3v) is 6.10. The Morgan fingerprint density at radius 2 is 2.14 bits per heavy atom. The zero-order valence-electron chi connectivity index (χ0n) is 13.4. The summed E-state index contributed by atoms with van der Waals surface area (Å²) in [4.78, 5) is 1.31. The first-order chi connectivity index (χ1) is 10.1. The standard InChI is InChI=1S/C18H28ClNS/c1-4-10-20-17-9-8-14(13(2)3)11-18(17)21-16-7-5-6-15(19)12-16/h5-7,12-14,17-18,20H,4,8-11H2,1-3H3. The van der Waals surface area contributed by atoms with Gasteiger partial charge in [-0.05, 0) is 62.3 Å². The van der Waals surface area contributed by atoms with Crippen LogP contribution in [0.4, 0.5) is 0 Å². The molecule has 1 nitrogen and oxygen atoms in total. The average molecular weight is 326 g/mol.